The summed E-state index contributed by atoms with van der Waals surface area (Å²) in [7, 11) is 0. The van der Waals surface area contributed by atoms with Crippen molar-refractivity contribution in [3.05, 3.63) is 0 Å². The summed E-state index contributed by atoms with van der Waals surface area (Å²) in [5.74, 6) is 0.149. The van der Waals surface area contributed by atoms with Crippen LogP contribution in [0.3, 0.4) is 0 Å². The average Bonchev–Trinajstić information content (AvgIpc) is 3.00. The fraction of sp³-hybridized carbons (Fsp3) is 0.867. The molecule has 1 atom stereocenters. The van der Waals surface area contributed by atoms with E-state index in [2.05, 4.69) is 25.8 Å². The van der Waals surface area contributed by atoms with E-state index in [9.17, 15) is 9.59 Å². The first-order valence-electron chi connectivity index (χ1n) is 8.29. The Balaban J connectivity index is 0.00000264. The van der Waals surface area contributed by atoms with Gasteiger partial charge in [0.05, 0.1) is 6.54 Å². The van der Waals surface area contributed by atoms with Crippen molar-refractivity contribution in [3.63, 3.8) is 0 Å². The molecular weight excluding hydrogens is 318 g/mol. The lowest BCUT2D eigenvalue weighted by atomic mass is 10.2. The number of hydrogen-bond acceptors (Lipinski definition) is 5. The molecule has 134 valence electrons. The fourth-order valence-corrected chi connectivity index (χ4v) is 2.95. The summed E-state index contributed by atoms with van der Waals surface area (Å²) in [4.78, 5) is 28.0. The highest BCUT2D eigenvalue weighted by molar-refractivity contribution is 5.95. The van der Waals surface area contributed by atoms with Crippen LogP contribution in [0.4, 0.5) is 4.79 Å². The predicted molar refractivity (Wildman–Crippen MR) is 92.9 cm³/mol. The van der Waals surface area contributed by atoms with E-state index in [1.54, 1.807) is 0 Å². The van der Waals surface area contributed by atoms with Gasteiger partial charge in [-0.1, -0.05) is 13.8 Å². The Kier molecular flexibility index (Phi) is 8.83. The van der Waals surface area contributed by atoms with Crippen LogP contribution in [0.15, 0.2) is 0 Å². The molecule has 1 unspecified atom stereocenters. The number of imide groups is 1. The number of hydrogen-bond donors (Lipinski definition) is 3. The SMILES string of the molecule is CC(C)CNC(=O)NC(=O)CN1CCN(C2CCNC2)CC1.Cl. The maximum Gasteiger partial charge on any atom is 0.321 e. The second-order valence-electron chi connectivity index (χ2n) is 6.61. The van der Waals surface area contributed by atoms with E-state index in [1.807, 2.05) is 13.8 Å². The van der Waals surface area contributed by atoms with E-state index in [0.717, 1.165) is 39.3 Å². The van der Waals surface area contributed by atoms with Gasteiger partial charge >= 0.3 is 6.03 Å². The van der Waals surface area contributed by atoms with E-state index in [1.165, 1.54) is 6.42 Å². The number of amides is 3. The van der Waals surface area contributed by atoms with Gasteiger partial charge < -0.3 is 10.6 Å². The largest absolute Gasteiger partial charge is 0.338 e. The first-order valence-corrected chi connectivity index (χ1v) is 8.29. The van der Waals surface area contributed by atoms with Gasteiger partial charge in [0, 0.05) is 45.3 Å². The summed E-state index contributed by atoms with van der Waals surface area (Å²) in [6.45, 7) is 10.9. The van der Waals surface area contributed by atoms with Crippen LogP contribution < -0.4 is 16.0 Å². The molecular formula is C15H30ClN5O2. The molecule has 0 aromatic rings. The third-order valence-corrected chi connectivity index (χ3v) is 4.25. The van der Waals surface area contributed by atoms with Crippen LogP contribution in [-0.2, 0) is 4.79 Å². The van der Waals surface area contributed by atoms with Crippen molar-refractivity contribution in [1.82, 2.24) is 25.8 Å². The second kappa shape index (κ2) is 10.1. The molecule has 2 aliphatic heterocycles. The van der Waals surface area contributed by atoms with Crippen molar-refractivity contribution in [3.8, 4) is 0 Å². The number of rotatable bonds is 5. The number of halogens is 1. The molecule has 7 nitrogen and oxygen atoms in total. The Labute approximate surface area is 144 Å². The molecule has 0 spiro atoms. The second-order valence-corrected chi connectivity index (χ2v) is 6.61. The smallest absolute Gasteiger partial charge is 0.321 e. The number of carbonyl (C=O) groups is 2. The molecule has 2 heterocycles. The Hall–Kier alpha value is -0.890. The molecule has 2 fully saturated rings. The van der Waals surface area contributed by atoms with Crippen molar-refractivity contribution >= 4 is 24.3 Å². The zero-order valence-corrected chi connectivity index (χ0v) is 15.0. The lowest BCUT2D eigenvalue weighted by Crippen LogP contribution is -2.53. The highest BCUT2D eigenvalue weighted by Gasteiger charge is 2.26. The van der Waals surface area contributed by atoms with Gasteiger partial charge in [0.2, 0.25) is 5.91 Å². The first-order chi connectivity index (χ1) is 10.5. The standard InChI is InChI=1S/C15H29N5O2.ClH/c1-12(2)9-17-15(22)18-14(21)11-19-5-7-20(8-6-19)13-3-4-16-10-13;/h12-13,16H,3-11H2,1-2H3,(H2,17,18,21,22);1H. The van der Waals surface area contributed by atoms with E-state index < -0.39 is 6.03 Å². The Morgan fingerprint density at radius 3 is 2.48 bits per heavy atom. The number of nitrogens with one attached hydrogen (secondary N) is 3. The highest BCUT2D eigenvalue weighted by atomic mass is 35.5. The van der Waals surface area contributed by atoms with Crippen LogP contribution in [0, 0.1) is 5.92 Å². The molecule has 0 aromatic carbocycles. The van der Waals surface area contributed by atoms with Gasteiger partial charge in [-0.2, -0.15) is 0 Å². The minimum absolute atomic E-state index is 0. The third kappa shape index (κ3) is 7.03. The molecule has 8 heteroatoms. The zero-order chi connectivity index (χ0) is 15.9. The normalized spacial score (nSPS) is 22.7. The summed E-state index contributed by atoms with van der Waals surface area (Å²) in [5, 5.41) is 8.48. The van der Waals surface area contributed by atoms with Crippen LogP contribution in [-0.4, -0.2) is 80.1 Å². The monoisotopic (exact) mass is 347 g/mol. The van der Waals surface area contributed by atoms with E-state index >= 15 is 0 Å². The Morgan fingerprint density at radius 2 is 1.91 bits per heavy atom. The van der Waals surface area contributed by atoms with E-state index in [4.69, 9.17) is 0 Å². The number of piperazine rings is 1. The molecule has 0 saturated carbocycles. The number of nitrogens with zero attached hydrogens (tertiary/aromatic N) is 2. The Bertz CT molecular complexity index is 380. The fourth-order valence-electron chi connectivity index (χ4n) is 2.95. The van der Waals surface area contributed by atoms with Gasteiger partial charge in [0.1, 0.15) is 0 Å². The minimum atomic E-state index is -0.394. The molecule has 3 amide bonds. The molecule has 0 bridgehead atoms. The third-order valence-electron chi connectivity index (χ3n) is 4.25. The quantitative estimate of drug-likeness (QED) is 0.646. The van der Waals surface area contributed by atoms with Crippen LogP contribution in [0.25, 0.3) is 0 Å². The molecule has 23 heavy (non-hydrogen) atoms. The molecule has 3 N–H and O–H groups in total. The summed E-state index contributed by atoms with van der Waals surface area (Å²) in [6.07, 6.45) is 1.22. The first kappa shape index (κ1) is 20.2. The topological polar surface area (TPSA) is 76.7 Å². The van der Waals surface area contributed by atoms with Crippen molar-refractivity contribution in [2.24, 2.45) is 5.92 Å². The highest BCUT2D eigenvalue weighted by Crippen LogP contribution is 2.11. The van der Waals surface area contributed by atoms with E-state index in [0.29, 0.717) is 25.0 Å². The van der Waals surface area contributed by atoms with Gasteiger partial charge in [0.25, 0.3) is 0 Å². The van der Waals surface area contributed by atoms with Gasteiger partial charge in [-0.25, -0.2) is 4.79 Å². The summed E-state index contributed by atoms with van der Waals surface area (Å²) < 4.78 is 0. The van der Waals surface area contributed by atoms with Crippen LogP contribution >= 0.6 is 12.4 Å². The zero-order valence-electron chi connectivity index (χ0n) is 14.1. The molecule has 2 saturated heterocycles. The van der Waals surface area contributed by atoms with Crippen LogP contribution in [0.1, 0.15) is 20.3 Å². The lowest BCUT2D eigenvalue weighted by Gasteiger charge is -2.37. The summed E-state index contributed by atoms with van der Waals surface area (Å²) in [5.41, 5.74) is 0. The Morgan fingerprint density at radius 1 is 1.22 bits per heavy atom. The predicted octanol–water partition coefficient (Wildman–Crippen LogP) is -0.130. The lowest BCUT2D eigenvalue weighted by molar-refractivity contribution is -0.121. The van der Waals surface area contributed by atoms with Crippen molar-refractivity contribution in [1.29, 1.82) is 0 Å². The van der Waals surface area contributed by atoms with E-state index in [-0.39, 0.29) is 18.3 Å². The molecule has 0 aliphatic carbocycles. The van der Waals surface area contributed by atoms with Gasteiger partial charge in [-0.15, -0.1) is 12.4 Å². The van der Waals surface area contributed by atoms with Gasteiger partial charge in [-0.05, 0) is 18.9 Å². The summed E-state index contributed by atoms with van der Waals surface area (Å²) in [6, 6.07) is 0.257. The number of carbonyl (C=O) groups excluding carboxylic acids is 2. The maximum absolute atomic E-state index is 11.9. The van der Waals surface area contributed by atoms with Crippen molar-refractivity contribution in [2.75, 3.05) is 52.4 Å². The van der Waals surface area contributed by atoms with Crippen LogP contribution in [0.2, 0.25) is 0 Å². The van der Waals surface area contributed by atoms with Gasteiger partial charge in [-0.3, -0.25) is 19.9 Å². The maximum atomic E-state index is 11.9. The molecule has 2 aliphatic rings. The van der Waals surface area contributed by atoms with Crippen molar-refractivity contribution < 1.29 is 9.59 Å². The van der Waals surface area contributed by atoms with Crippen molar-refractivity contribution in [2.45, 2.75) is 26.3 Å². The summed E-state index contributed by atoms with van der Waals surface area (Å²) >= 11 is 0. The average molecular weight is 348 g/mol. The molecule has 0 radical (unpaired) electrons. The molecule has 2 rings (SSSR count). The van der Waals surface area contributed by atoms with Crippen LogP contribution in [0.5, 0.6) is 0 Å². The number of urea groups is 1. The molecule has 0 aromatic heterocycles. The minimum Gasteiger partial charge on any atom is -0.338 e. The van der Waals surface area contributed by atoms with Gasteiger partial charge in [0.15, 0.2) is 0 Å².